The molecule has 0 amide bonds. The van der Waals surface area contributed by atoms with Gasteiger partial charge in [-0.1, -0.05) is 26.1 Å². The van der Waals surface area contributed by atoms with Crippen LogP contribution < -0.4 is 0 Å². The van der Waals surface area contributed by atoms with Crippen molar-refractivity contribution in [3.05, 3.63) is 21.2 Å². The molecule has 0 radical (unpaired) electrons. The van der Waals surface area contributed by atoms with Crippen LogP contribution in [0, 0.1) is 22.3 Å². The van der Waals surface area contributed by atoms with Crippen LogP contribution in [0.1, 0.15) is 25.8 Å². The summed E-state index contributed by atoms with van der Waals surface area (Å²) in [7, 11) is 0. The molecular formula is C11H16N2O2S2. The van der Waals surface area contributed by atoms with Crippen LogP contribution >= 0.6 is 24.4 Å². The van der Waals surface area contributed by atoms with Gasteiger partial charge < -0.3 is 9.72 Å². The van der Waals surface area contributed by atoms with E-state index in [1.165, 1.54) is 0 Å². The summed E-state index contributed by atoms with van der Waals surface area (Å²) in [6.07, 6.45) is 2.55. The van der Waals surface area contributed by atoms with Gasteiger partial charge in [0.25, 0.3) is 0 Å². The Balaban J connectivity index is 2.77. The molecule has 1 atom stereocenters. The molecule has 0 spiro atoms. The monoisotopic (exact) mass is 272 g/mol. The average Bonchev–Trinajstić information content (AvgIpc) is 2.30. The molecule has 4 nitrogen and oxygen atoms in total. The summed E-state index contributed by atoms with van der Waals surface area (Å²) >= 11 is 10.1. The number of aromatic nitrogens is 2. The number of nitrogens with one attached hydrogen (secondary N) is 1. The van der Waals surface area contributed by atoms with Crippen molar-refractivity contribution >= 4 is 30.4 Å². The molecule has 1 aromatic heterocycles. The Hall–Kier alpha value is -1.01. The highest BCUT2D eigenvalue weighted by Gasteiger charge is 2.11. The molecule has 94 valence electrons. The van der Waals surface area contributed by atoms with Crippen LogP contribution in [0.25, 0.3) is 0 Å². The molecule has 0 bridgehead atoms. The fourth-order valence-corrected chi connectivity index (χ4v) is 1.58. The van der Waals surface area contributed by atoms with E-state index in [1.807, 2.05) is 20.8 Å². The first-order chi connectivity index (χ1) is 7.95. The van der Waals surface area contributed by atoms with Gasteiger partial charge in [0, 0.05) is 11.8 Å². The van der Waals surface area contributed by atoms with E-state index in [4.69, 9.17) is 29.2 Å². The highest BCUT2D eigenvalue weighted by molar-refractivity contribution is 7.72. The standard InChI is InChI=1S/C11H16N2O2S2/c1-4-7(2)10(14)15-6-13-5-8(3)9(16)12-11(13)17/h5,7H,4,6H2,1-3H3,(H,12,16,17). The first-order valence-corrected chi connectivity index (χ1v) is 6.24. The van der Waals surface area contributed by atoms with Crippen molar-refractivity contribution in [3.63, 3.8) is 0 Å². The highest BCUT2D eigenvalue weighted by atomic mass is 32.1. The molecule has 1 rings (SSSR count). The number of hydrogen-bond donors (Lipinski definition) is 1. The summed E-state index contributed by atoms with van der Waals surface area (Å²) in [4.78, 5) is 14.4. The fourth-order valence-electron chi connectivity index (χ4n) is 1.16. The van der Waals surface area contributed by atoms with Gasteiger partial charge in [-0.25, -0.2) is 0 Å². The quantitative estimate of drug-likeness (QED) is 0.675. The van der Waals surface area contributed by atoms with E-state index >= 15 is 0 Å². The molecule has 0 aliphatic carbocycles. The third kappa shape index (κ3) is 3.74. The summed E-state index contributed by atoms with van der Waals surface area (Å²) in [5.41, 5.74) is 0.896. The lowest BCUT2D eigenvalue weighted by molar-refractivity contribution is -0.152. The number of rotatable bonds is 4. The van der Waals surface area contributed by atoms with E-state index in [0.717, 1.165) is 12.0 Å². The maximum absolute atomic E-state index is 11.5. The predicted octanol–water partition coefficient (Wildman–Crippen LogP) is 3.13. The van der Waals surface area contributed by atoms with Gasteiger partial charge in [-0.15, -0.1) is 0 Å². The van der Waals surface area contributed by atoms with Crippen LogP contribution in [0.15, 0.2) is 6.20 Å². The van der Waals surface area contributed by atoms with Crippen molar-refractivity contribution in [3.8, 4) is 0 Å². The van der Waals surface area contributed by atoms with E-state index in [-0.39, 0.29) is 18.6 Å². The summed E-state index contributed by atoms with van der Waals surface area (Å²) in [6.45, 7) is 5.78. The molecule has 1 heterocycles. The van der Waals surface area contributed by atoms with Crippen molar-refractivity contribution in [2.45, 2.75) is 33.9 Å². The Bertz CT molecular complexity index is 519. The van der Waals surface area contributed by atoms with Crippen LogP contribution in [0.5, 0.6) is 0 Å². The first-order valence-electron chi connectivity index (χ1n) is 5.42. The van der Waals surface area contributed by atoms with Crippen LogP contribution in [0.4, 0.5) is 0 Å². The van der Waals surface area contributed by atoms with Gasteiger partial charge in [-0.3, -0.25) is 9.36 Å². The van der Waals surface area contributed by atoms with E-state index in [2.05, 4.69) is 4.98 Å². The molecule has 1 N–H and O–H groups in total. The number of aromatic amines is 1. The Kier molecular flexibility index (Phi) is 5.02. The third-order valence-corrected chi connectivity index (χ3v) is 3.31. The topological polar surface area (TPSA) is 47.0 Å². The molecule has 17 heavy (non-hydrogen) atoms. The lowest BCUT2D eigenvalue weighted by Gasteiger charge is -2.11. The second-order valence-corrected chi connectivity index (χ2v) is 4.74. The molecule has 1 unspecified atom stereocenters. The van der Waals surface area contributed by atoms with Gasteiger partial charge >= 0.3 is 5.97 Å². The lowest BCUT2D eigenvalue weighted by atomic mass is 10.1. The summed E-state index contributed by atoms with van der Waals surface area (Å²) in [6, 6.07) is 0. The summed E-state index contributed by atoms with van der Waals surface area (Å²) in [5.74, 6) is -0.304. The summed E-state index contributed by atoms with van der Waals surface area (Å²) in [5, 5.41) is 0. The molecule has 6 heteroatoms. The molecule has 0 saturated carbocycles. The number of ether oxygens (including phenoxy) is 1. The Labute approximate surface area is 111 Å². The number of nitrogens with zero attached hydrogens (tertiary/aromatic N) is 1. The average molecular weight is 272 g/mol. The zero-order valence-electron chi connectivity index (χ0n) is 10.1. The second kappa shape index (κ2) is 6.07. The Morgan fingerprint density at radius 1 is 1.59 bits per heavy atom. The van der Waals surface area contributed by atoms with Gasteiger partial charge in [-0.2, -0.15) is 0 Å². The van der Waals surface area contributed by atoms with Crippen LogP contribution in [-0.4, -0.2) is 15.5 Å². The van der Waals surface area contributed by atoms with Crippen molar-refractivity contribution in [2.75, 3.05) is 0 Å². The first kappa shape index (κ1) is 14.1. The zero-order chi connectivity index (χ0) is 13.0. The Morgan fingerprint density at radius 2 is 2.24 bits per heavy atom. The fraction of sp³-hybridized carbons (Fsp3) is 0.545. The molecule has 0 aromatic carbocycles. The smallest absolute Gasteiger partial charge is 0.310 e. The number of H-pyrrole nitrogens is 1. The number of aryl methyl sites for hydroxylation is 1. The number of esters is 1. The molecular weight excluding hydrogens is 256 g/mol. The van der Waals surface area contributed by atoms with Gasteiger partial charge in [0.15, 0.2) is 11.5 Å². The molecule has 0 aliphatic heterocycles. The maximum Gasteiger partial charge on any atom is 0.310 e. The Morgan fingerprint density at radius 3 is 2.82 bits per heavy atom. The van der Waals surface area contributed by atoms with Crippen molar-refractivity contribution in [1.82, 2.24) is 9.55 Å². The van der Waals surface area contributed by atoms with Crippen LogP contribution in [-0.2, 0) is 16.3 Å². The maximum atomic E-state index is 11.5. The zero-order valence-corrected chi connectivity index (χ0v) is 11.8. The predicted molar refractivity (Wildman–Crippen MR) is 70.7 cm³/mol. The van der Waals surface area contributed by atoms with Crippen molar-refractivity contribution in [1.29, 1.82) is 0 Å². The molecule has 0 saturated heterocycles. The number of hydrogen-bond acceptors (Lipinski definition) is 4. The normalized spacial score (nSPS) is 12.2. The molecule has 0 aliphatic rings. The minimum atomic E-state index is -0.213. The minimum absolute atomic E-state index is 0.0903. The number of carbonyl (C=O) groups excluding carboxylic acids is 1. The second-order valence-electron chi connectivity index (χ2n) is 3.94. The van der Waals surface area contributed by atoms with Crippen molar-refractivity contribution in [2.24, 2.45) is 5.92 Å². The molecule has 0 fully saturated rings. The van der Waals surface area contributed by atoms with Gasteiger partial charge in [-0.05, 0) is 25.6 Å². The molecule has 1 aromatic rings. The largest absolute Gasteiger partial charge is 0.444 e. The van der Waals surface area contributed by atoms with Crippen molar-refractivity contribution < 1.29 is 9.53 Å². The number of carbonyl (C=O) groups is 1. The summed E-state index contributed by atoms with van der Waals surface area (Å²) < 4.78 is 7.88. The lowest BCUT2D eigenvalue weighted by Crippen LogP contribution is -2.17. The van der Waals surface area contributed by atoms with Gasteiger partial charge in [0.1, 0.15) is 4.64 Å². The van der Waals surface area contributed by atoms with Crippen LogP contribution in [0.3, 0.4) is 0 Å². The minimum Gasteiger partial charge on any atom is -0.444 e. The SMILES string of the molecule is CCC(C)C(=O)OCn1cc(C)c(=S)[nH]c1=S. The van der Waals surface area contributed by atoms with E-state index in [0.29, 0.717) is 9.41 Å². The highest BCUT2D eigenvalue weighted by Crippen LogP contribution is 2.05. The van der Waals surface area contributed by atoms with Gasteiger partial charge in [0.2, 0.25) is 0 Å². The van der Waals surface area contributed by atoms with Gasteiger partial charge in [0.05, 0.1) is 5.92 Å². The van der Waals surface area contributed by atoms with E-state index in [9.17, 15) is 4.79 Å². The van der Waals surface area contributed by atoms with E-state index in [1.54, 1.807) is 10.8 Å². The third-order valence-electron chi connectivity index (χ3n) is 2.55. The van der Waals surface area contributed by atoms with E-state index < -0.39 is 0 Å². The van der Waals surface area contributed by atoms with Crippen LogP contribution in [0.2, 0.25) is 0 Å².